The molecule has 0 amide bonds. The summed E-state index contributed by atoms with van der Waals surface area (Å²) in [5.41, 5.74) is -0.0515. The van der Waals surface area contributed by atoms with Crippen molar-refractivity contribution in [3.05, 3.63) is 20.8 Å². The van der Waals surface area contributed by atoms with Gasteiger partial charge in [0.15, 0.2) is 11.2 Å². The van der Waals surface area contributed by atoms with Crippen molar-refractivity contribution in [3.63, 3.8) is 0 Å². The second-order valence-corrected chi connectivity index (χ2v) is 6.35. The number of imidazole rings is 1. The Morgan fingerprint density at radius 1 is 1.21 bits per heavy atom. The Morgan fingerprint density at radius 2 is 1.92 bits per heavy atom. The van der Waals surface area contributed by atoms with Crippen LogP contribution >= 0.6 is 0 Å². The van der Waals surface area contributed by atoms with Crippen molar-refractivity contribution in [1.82, 2.24) is 18.7 Å². The van der Waals surface area contributed by atoms with Gasteiger partial charge in [0.1, 0.15) is 0 Å². The monoisotopic (exact) mass is 330 g/mol. The summed E-state index contributed by atoms with van der Waals surface area (Å²) in [5, 5.41) is 12.3. The number of nitriles is 1. The standard InChI is InChI=1S/C16H22N6O2/c1-20-13-12(14(23)21(2)16(20)24)22(10-6-9-17)15(19-13)18-11-7-4-3-5-8-11/h11H,3-8,10H2,1-2H3,(H,18,19). The first kappa shape index (κ1) is 16.3. The van der Waals surface area contributed by atoms with Gasteiger partial charge in [0.05, 0.1) is 12.5 Å². The summed E-state index contributed by atoms with van der Waals surface area (Å²) >= 11 is 0. The fourth-order valence-electron chi connectivity index (χ4n) is 3.37. The Labute approximate surface area is 139 Å². The van der Waals surface area contributed by atoms with Gasteiger partial charge >= 0.3 is 5.69 Å². The van der Waals surface area contributed by atoms with Crippen molar-refractivity contribution < 1.29 is 0 Å². The average Bonchev–Trinajstić information content (AvgIpc) is 2.95. The van der Waals surface area contributed by atoms with Crippen LogP contribution in [0.2, 0.25) is 0 Å². The lowest BCUT2D eigenvalue weighted by Gasteiger charge is -2.23. The highest BCUT2D eigenvalue weighted by atomic mass is 16.2. The van der Waals surface area contributed by atoms with E-state index < -0.39 is 5.69 Å². The second-order valence-electron chi connectivity index (χ2n) is 6.35. The molecule has 3 rings (SSSR count). The lowest BCUT2D eigenvalue weighted by Crippen LogP contribution is -2.37. The second kappa shape index (κ2) is 6.51. The maximum atomic E-state index is 12.6. The normalized spacial score (nSPS) is 15.5. The molecule has 1 saturated carbocycles. The average molecular weight is 330 g/mol. The van der Waals surface area contributed by atoms with Gasteiger partial charge in [-0.3, -0.25) is 13.9 Å². The first-order chi connectivity index (χ1) is 11.5. The van der Waals surface area contributed by atoms with Gasteiger partial charge in [0, 0.05) is 26.7 Å². The van der Waals surface area contributed by atoms with E-state index in [-0.39, 0.29) is 12.0 Å². The molecule has 1 aliphatic carbocycles. The first-order valence-electron chi connectivity index (χ1n) is 8.34. The molecule has 0 saturated heterocycles. The molecule has 0 aromatic carbocycles. The predicted octanol–water partition coefficient (Wildman–Crippen LogP) is 1.09. The first-order valence-corrected chi connectivity index (χ1v) is 8.34. The highest BCUT2D eigenvalue weighted by Gasteiger charge is 2.21. The molecule has 0 bridgehead atoms. The molecule has 1 aliphatic rings. The zero-order valence-corrected chi connectivity index (χ0v) is 14.1. The van der Waals surface area contributed by atoms with Crippen LogP contribution in [0, 0.1) is 11.3 Å². The molecule has 0 spiro atoms. The van der Waals surface area contributed by atoms with Crippen molar-refractivity contribution in [2.45, 2.75) is 51.1 Å². The van der Waals surface area contributed by atoms with Crippen LogP contribution in [0.5, 0.6) is 0 Å². The number of hydrogen-bond acceptors (Lipinski definition) is 5. The van der Waals surface area contributed by atoms with Gasteiger partial charge in [-0.2, -0.15) is 10.2 Å². The summed E-state index contributed by atoms with van der Waals surface area (Å²) in [5.74, 6) is 0.574. The summed E-state index contributed by atoms with van der Waals surface area (Å²) in [6.45, 7) is 0.371. The van der Waals surface area contributed by atoms with Gasteiger partial charge in [0.25, 0.3) is 5.56 Å². The molecule has 2 aromatic heterocycles. The van der Waals surface area contributed by atoms with Crippen molar-refractivity contribution in [2.24, 2.45) is 14.1 Å². The lowest BCUT2D eigenvalue weighted by molar-refractivity contribution is 0.459. The van der Waals surface area contributed by atoms with Gasteiger partial charge in [0.2, 0.25) is 5.95 Å². The Bertz CT molecular complexity index is 908. The third kappa shape index (κ3) is 2.70. The fourth-order valence-corrected chi connectivity index (χ4v) is 3.37. The third-order valence-corrected chi connectivity index (χ3v) is 4.73. The van der Waals surface area contributed by atoms with Crippen molar-refractivity contribution >= 4 is 17.1 Å². The molecule has 2 heterocycles. The van der Waals surface area contributed by atoms with E-state index in [9.17, 15) is 9.59 Å². The van der Waals surface area contributed by atoms with E-state index in [1.54, 1.807) is 11.6 Å². The van der Waals surface area contributed by atoms with E-state index in [1.165, 1.54) is 30.9 Å². The van der Waals surface area contributed by atoms with Crippen LogP contribution < -0.4 is 16.6 Å². The maximum Gasteiger partial charge on any atom is 0.332 e. The molecule has 0 radical (unpaired) electrons. The van der Waals surface area contributed by atoms with Crippen molar-refractivity contribution in [2.75, 3.05) is 5.32 Å². The van der Waals surface area contributed by atoms with E-state index >= 15 is 0 Å². The number of fused-ring (bicyclic) bond motifs is 1. The van der Waals surface area contributed by atoms with Crippen LogP contribution in [-0.4, -0.2) is 24.7 Å². The molecular weight excluding hydrogens is 308 g/mol. The van der Waals surface area contributed by atoms with E-state index in [4.69, 9.17) is 5.26 Å². The fraction of sp³-hybridized carbons (Fsp3) is 0.625. The van der Waals surface area contributed by atoms with Gasteiger partial charge in [-0.1, -0.05) is 19.3 Å². The van der Waals surface area contributed by atoms with Crippen LogP contribution in [0.15, 0.2) is 9.59 Å². The number of aryl methyl sites for hydroxylation is 2. The molecule has 0 atom stereocenters. The number of rotatable bonds is 4. The molecule has 24 heavy (non-hydrogen) atoms. The Morgan fingerprint density at radius 3 is 2.58 bits per heavy atom. The number of hydrogen-bond donors (Lipinski definition) is 1. The minimum Gasteiger partial charge on any atom is -0.353 e. The highest BCUT2D eigenvalue weighted by molar-refractivity contribution is 5.74. The molecule has 0 aliphatic heterocycles. The quantitative estimate of drug-likeness (QED) is 0.905. The largest absolute Gasteiger partial charge is 0.353 e. The molecule has 1 N–H and O–H groups in total. The summed E-state index contributed by atoms with van der Waals surface area (Å²) < 4.78 is 4.21. The minimum absolute atomic E-state index is 0.275. The van der Waals surface area contributed by atoms with E-state index in [0.29, 0.717) is 29.7 Å². The molecule has 8 heteroatoms. The number of anilines is 1. The molecule has 0 unspecified atom stereocenters. The predicted molar refractivity (Wildman–Crippen MR) is 90.9 cm³/mol. The zero-order valence-electron chi connectivity index (χ0n) is 14.1. The summed E-state index contributed by atoms with van der Waals surface area (Å²) in [6.07, 6.45) is 6.01. The van der Waals surface area contributed by atoms with Crippen LogP contribution in [0.3, 0.4) is 0 Å². The van der Waals surface area contributed by atoms with Crippen molar-refractivity contribution in [1.29, 1.82) is 5.26 Å². The lowest BCUT2D eigenvalue weighted by atomic mass is 9.96. The number of nitrogens with zero attached hydrogens (tertiary/aromatic N) is 5. The topological polar surface area (TPSA) is 97.6 Å². The third-order valence-electron chi connectivity index (χ3n) is 4.73. The molecule has 1 fully saturated rings. The van der Waals surface area contributed by atoms with Crippen LogP contribution in [0.1, 0.15) is 38.5 Å². The Hall–Kier alpha value is -2.56. The van der Waals surface area contributed by atoms with Gasteiger partial charge < -0.3 is 9.88 Å². The highest BCUT2D eigenvalue weighted by Crippen LogP contribution is 2.23. The number of nitrogens with one attached hydrogen (secondary N) is 1. The summed E-state index contributed by atoms with van der Waals surface area (Å²) in [7, 11) is 3.07. The van der Waals surface area contributed by atoms with Gasteiger partial charge in [-0.25, -0.2) is 4.79 Å². The van der Waals surface area contributed by atoms with Crippen LogP contribution in [-0.2, 0) is 20.6 Å². The van der Waals surface area contributed by atoms with Gasteiger partial charge in [-0.05, 0) is 12.8 Å². The van der Waals surface area contributed by atoms with E-state index in [0.717, 1.165) is 17.4 Å². The summed E-state index contributed by atoms with van der Waals surface area (Å²) in [4.78, 5) is 29.2. The Kier molecular flexibility index (Phi) is 4.42. The molecular formula is C16H22N6O2. The number of aromatic nitrogens is 4. The molecule has 2 aromatic rings. The SMILES string of the molecule is Cn1c(=O)c2c(nc(NC3CCCCC3)n2CCC#N)n(C)c1=O. The minimum atomic E-state index is -0.401. The van der Waals surface area contributed by atoms with E-state index in [1.807, 2.05) is 0 Å². The van der Waals surface area contributed by atoms with E-state index in [2.05, 4.69) is 16.4 Å². The van der Waals surface area contributed by atoms with Crippen LogP contribution in [0.4, 0.5) is 5.95 Å². The van der Waals surface area contributed by atoms with Gasteiger partial charge in [-0.15, -0.1) is 0 Å². The maximum absolute atomic E-state index is 12.6. The molecule has 128 valence electrons. The summed E-state index contributed by atoms with van der Waals surface area (Å²) in [6, 6.07) is 2.42. The van der Waals surface area contributed by atoms with Crippen LogP contribution in [0.25, 0.3) is 11.2 Å². The smallest absolute Gasteiger partial charge is 0.332 e. The Balaban J connectivity index is 2.15. The zero-order chi connectivity index (χ0) is 17.3. The van der Waals surface area contributed by atoms with Crippen molar-refractivity contribution in [3.8, 4) is 6.07 Å². The molecule has 8 nitrogen and oxygen atoms in total.